The summed E-state index contributed by atoms with van der Waals surface area (Å²) in [4.78, 5) is 0. The van der Waals surface area contributed by atoms with Gasteiger partial charge in [-0.3, -0.25) is 5.43 Å². The zero-order chi connectivity index (χ0) is 15.2. The molecule has 2 aromatic carbocycles. The Kier molecular flexibility index (Phi) is 4.25. The second-order valence-corrected chi connectivity index (χ2v) is 4.62. The molecule has 3 rings (SSSR count). The first kappa shape index (κ1) is 14.0. The average Bonchev–Trinajstić information content (AvgIpc) is 2.57. The molecule has 0 fully saturated rings. The number of ether oxygens (including phenoxy) is 1. The Hall–Kier alpha value is -2.95. The number of rotatable bonds is 5. The molecule has 5 nitrogen and oxygen atoms in total. The van der Waals surface area contributed by atoms with E-state index in [0.29, 0.717) is 12.4 Å². The van der Waals surface area contributed by atoms with Crippen LogP contribution in [0.15, 0.2) is 59.8 Å². The molecule has 1 N–H and O–H groups in total. The van der Waals surface area contributed by atoms with E-state index in [9.17, 15) is 0 Å². The van der Waals surface area contributed by atoms with E-state index >= 15 is 0 Å². The van der Waals surface area contributed by atoms with Crippen LogP contribution in [0.25, 0.3) is 10.8 Å². The summed E-state index contributed by atoms with van der Waals surface area (Å²) < 4.78 is 5.56. The Morgan fingerprint density at radius 3 is 2.86 bits per heavy atom. The predicted octanol–water partition coefficient (Wildman–Crippen LogP) is 3.47. The van der Waals surface area contributed by atoms with Gasteiger partial charge in [-0.15, -0.1) is 5.10 Å². The van der Waals surface area contributed by atoms with E-state index in [-0.39, 0.29) is 0 Å². The maximum atomic E-state index is 5.56. The minimum atomic E-state index is 0.618. The van der Waals surface area contributed by atoms with Crippen molar-refractivity contribution >= 4 is 22.8 Å². The molecule has 0 bridgehead atoms. The van der Waals surface area contributed by atoms with Crippen LogP contribution < -0.4 is 10.2 Å². The lowest BCUT2D eigenvalue weighted by molar-refractivity contribution is 0.340. The molecule has 0 spiro atoms. The topological polar surface area (TPSA) is 59.4 Å². The van der Waals surface area contributed by atoms with Gasteiger partial charge >= 0.3 is 0 Å². The molecule has 0 saturated heterocycles. The Balaban J connectivity index is 1.82. The number of hydrazone groups is 1. The van der Waals surface area contributed by atoms with Gasteiger partial charge in [-0.2, -0.15) is 10.2 Å². The van der Waals surface area contributed by atoms with Crippen molar-refractivity contribution in [3.63, 3.8) is 0 Å². The molecule has 0 radical (unpaired) electrons. The SMILES string of the molecule is CCOc1ccccc1/C=N\Nc1nncc2ccccc12. The van der Waals surface area contributed by atoms with Crippen LogP contribution in [0.4, 0.5) is 5.82 Å². The molecule has 1 heterocycles. The van der Waals surface area contributed by atoms with Crippen molar-refractivity contribution in [1.82, 2.24) is 10.2 Å². The highest BCUT2D eigenvalue weighted by molar-refractivity contribution is 5.91. The fourth-order valence-corrected chi connectivity index (χ4v) is 2.15. The number of hydrogen-bond donors (Lipinski definition) is 1. The Bertz CT molecular complexity index is 796. The molecule has 0 unspecified atom stereocenters. The summed E-state index contributed by atoms with van der Waals surface area (Å²) in [6.07, 6.45) is 3.45. The number of nitrogens with zero attached hydrogens (tertiary/aromatic N) is 3. The molecular formula is C17H16N4O. The summed E-state index contributed by atoms with van der Waals surface area (Å²) in [5, 5.41) is 14.3. The molecule has 0 aliphatic rings. The summed E-state index contributed by atoms with van der Waals surface area (Å²) in [6.45, 7) is 2.57. The molecular weight excluding hydrogens is 276 g/mol. The van der Waals surface area contributed by atoms with E-state index in [1.165, 1.54) is 0 Å². The lowest BCUT2D eigenvalue weighted by Gasteiger charge is -2.06. The molecule has 110 valence electrons. The van der Waals surface area contributed by atoms with E-state index in [4.69, 9.17) is 4.74 Å². The van der Waals surface area contributed by atoms with Gasteiger partial charge in [0.15, 0.2) is 5.82 Å². The number of aromatic nitrogens is 2. The van der Waals surface area contributed by atoms with E-state index in [1.54, 1.807) is 12.4 Å². The highest BCUT2D eigenvalue weighted by Gasteiger charge is 2.02. The van der Waals surface area contributed by atoms with Crippen molar-refractivity contribution in [2.75, 3.05) is 12.0 Å². The number of hydrogen-bond acceptors (Lipinski definition) is 5. The highest BCUT2D eigenvalue weighted by Crippen LogP contribution is 2.19. The fourth-order valence-electron chi connectivity index (χ4n) is 2.15. The minimum Gasteiger partial charge on any atom is -0.493 e. The molecule has 1 aromatic heterocycles. The summed E-state index contributed by atoms with van der Waals surface area (Å²) in [7, 11) is 0. The Labute approximate surface area is 128 Å². The van der Waals surface area contributed by atoms with Crippen LogP contribution in [0.3, 0.4) is 0 Å². The van der Waals surface area contributed by atoms with Gasteiger partial charge in [-0.05, 0) is 19.1 Å². The van der Waals surface area contributed by atoms with Gasteiger partial charge in [0.1, 0.15) is 5.75 Å². The summed E-state index contributed by atoms with van der Waals surface area (Å²) in [5.41, 5.74) is 3.85. The summed E-state index contributed by atoms with van der Waals surface area (Å²) in [6, 6.07) is 15.7. The third-order valence-corrected chi connectivity index (χ3v) is 3.16. The van der Waals surface area contributed by atoms with Gasteiger partial charge in [0, 0.05) is 16.3 Å². The number of anilines is 1. The number of fused-ring (bicyclic) bond motifs is 1. The number of benzene rings is 2. The van der Waals surface area contributed by atoms with Crippen molar-refractivity contribution in [3.8, 4) is 5.75 Å². The lowest BCUT2D eigenvalue weighted by atomic mass is 10.2. The van der Waals surface area contributed by atoms with E-state index < -0.39 is 0 Å². The smallest absolute Gasteiger partial charge is 0.176 e. The van der Waals surface area contributed by atoms with Crippen molar-refractivity contribution in [2.24, 2.45) is 5.10 Å². The summed E-state index contributed by atoms with van der Waals surface area (Å²) >= 11 is 0. The zero-order valence-corrected chi connectivity index (χ0v) is 12.2. The second kappa shape index (κ2) is 6.67. The largest absolute Gasteiger partial charge is 0.493 e. The van der Waals surface area contributed by atoms with Crippen LogP contribution in [0.5, 0.6) is 5.75 Å². The van der Waals surface area contributed by atoms with Crippen LogP contribution >= 0.6 is 0 Å². The Morgan fingerprint density at radius 1 is 1.14 bits per heavy atom. The van der Waals surface area contributed by atoms with E-state index in [2.05, 4.69) is 20.7 Å². The fraction of sp³-hybridized carbons (Fsp3) is 0.118. The highest BCUT2D eigenvalue weighted by atomic mass is 16.5. The normalized spacial score (nSPS) is 11.0. The third kappa shape index (κ3) is 3.03. The molecule has 0 aliphatic heterocycles. The van der Waals surface area contributed by atoms with Crippen LogP contribution in [0.1, 0.15) is 12.5 Å². The molecule has 0 saturated carbocycles. The summed E-state index contributed by atoms with van der Waals surface area (Å²) in [5.74, 6) is 1.43. The second-order valence-electron chi connectivity index (χ2n) is 4.62. The van der Waals surface area contributed by atoms with Crippen LogP contribution in [0, 0.1) is 0 Å². The van der Waals surface area contributed by atoms with Gasteiger partial charge in [-0.1, -0.05) is 36.4 Å². The molecule has 0 amide bonds. The van der Waals surface area contributed by atoms with Gasteiger partial charge < -0.3 is 4.74 Å². The van der Waals surface area contributed by atoms with Gasteiger partial charge in [0.25, 0.3) is 0 Å². The van der Waals surface area contributed by atoms with Crippen molar-refractivity contribution < 1.29 is 4.74 Å². The zero-order valence-electron chi connectivity index (χ0n) is 12.2. The van der Waals surface area contributed by atoms with Crippen molar-refractivity contribution in [1.29, 1.82) is 0 Å². The van der Waals surface area contributed by atoms with Crippen LogP contribution in [-0.4, -0.2) is 23.0 Å². The quantitative estimate of drug-likeness (QED) is 0.578. The van der Waals surface area contributed by atoms with Gasteiger partial charge in [0.05, 0.1) is 19.0 Å². The first-order valence-corrected chi connectivity index (χ1v) is 7.10. The van der Waals surface area contributed by atoms with Crippen molar-refractivity contribution in [3.05, 3.63) is 60.3 Å². The molecule has 0 atom stereocenters. The van der Waals surface area contributed by atoms with Gasteiger partial charge in [0.2, 0.25) is 0 Å². The van der Waals surface area contributed by atoms with Crippen molar-refractivity contribution in [2.45, 2.75) is 6.92 Å². The first-order valence-electron chi connectivity index (χ1n) is 7.10. The Morgan fingerprint density at radius 2 is 1.95 bits per heavy atom. The standard InChI is InChI=1S/C17H16N4O/c1-2-22-16-10-6-4-8-14(16)12-19-21-17-15-9-5-3-7-13(15)11-18-20-17/h3-12H,2H2,1H3,(H,20,21)/b19-12-. The molecule has 22 heavy (non-hydrogen) atoms. The van der Waals surface area contributed by atoms with E-state index in [0.717, 1.165) is 22.1 Å². The van der Waals surface area contributed by atoms with Crippen LogP contribution in [0.2, 0.25) is 0 Å². The van der Waals surface area contributed by atoms with Crippen LogP contribution in [-0.2, 0) is 0 Å². The first-order chi connectivity index (χ1) is 10.9. The maximum absolute atomic E-state index is 5.56. The molecule has 3 aromatic rings. The third-order valence-electron chi connectivity index (χ3n) is 3.16. The average molecular weight is 292 g/mol. The predicted molar refractivity (Wildman–Crippen MR) is 88.4 cm³/mol. The minimum absolute atomic E-state index is 0.618. The number of nitrogens with one attached hydrogen (secondary N) is 1. The van der Waals surface area contributed by atoms with Gasteiger partial charge in [-0.25, -0.2) is 0 Å². The monoisotopic (exact) mass is 292 g/mol. The van der Waals surface area contributed by atoms with E-state index in [1.807, 2.05) is 55.5 Å². The maximum Gasteiger partial charge on any atom is 0.176 e. The molecule has 5 heteroatoms. The number of para-hydroxylation sites is 1. The lowest BCUT2D eigenvalue weighted by Crippen LogP contribution is -1.99. The molecule has 0 aliphatic carbocycles.